The molecule has 0 spiro atoms. The summed E-state index contributed by atoms with van der Waals surface area (Å²) in [4.78, 5) is 21.4. The van der Waals surface area contributed by atoms with E-state index in [0.29, 0.717) is 54.1 Å². The van der Waals surface area contributed by atoms with Crippen molar-refractivity contribution in [1.82, 2.24) is 14.8 Å². The molecule has 0 saturated carbocycles. The van der Waals surface area contributed by atoms with Crippen LogP contribution in [0.5, 0.6) is 5.75 Å². The van der Waals surface area contributed by atoms with Crippen LogP contribution in [0.15, 0.2) is 63.5 Å². The molecule has 0 radical (unpaired) electrons. The highest BCUT2D eigenvalue weighted by molar-refractivity contribution is 7.70. The van der Waals surface area contributed by atoms with Gasteiger partial charge in [-0.3, -0.25) is 14.7 Å². The molecule has 0 aliphatic carbocycles. The van der Waals surface area contributed by atoms with Crippen molar-refractivity contribution < 1.29 is 31.4 Å². The first-order valence-corrected chi connectivity index (χ1v) is 14.5. The van der Waals surface area contributed by atoms with E-state index in [0.717, 1.165) is 5.56 Å². The summed E-state index contributed by atoms with van der Waals surface area (Å²) in [6.45, 7) is 1.45. The Morgan fingerprint density at radius 1 is 1.15 bits per heavy atom. The second kappa shape index (κ2) is 14.0. The zero-order valence-corrected chi connectivity index (χ0v) is 24.0. The van der Waals surface area contributed by atoms with Crippen molar-refractivity contribution in [2.24, 2.45) is 8.73 Å². The Bertz CT molecular complexity index is 1520. The number of likely N-dealkylation sites (tertiary alicyclic amines) is 1. The number of aliphatic hydroxyl groups is 1. The van der Waals surface area contributed by atoms with Gasteiger partial charge in [0.25, 0.3) is 5.91 Å². The average Bonchev–Trinajstić information content (AvgIpc) is 3.39. The molecule has 1 N–H and O–H groups in total. The Kier molecular flexibility index (Phi) is 10.4. The van der Waals surface area contributed by atoms with E-state index in [1.807, 2.05) is 6.07 Å². The summed E-state index contributed by atoms with van der Waals surface area (Å²) in [6.07, 6.45) is 1.84. The summed E-state index contributed by atoms with van der Waals surface area (Å²) in [5.74, 6) is 0.146. The van der Waals surface area contributed by atoms with Crippen LogP contribution in [-0.2, 0) is 43.3 Å². The minimum atomic E-state index is -1.86. The van der Waals surface area contributed by atoms with Gasteiger partial charge in [0.2, 0.25) is 0 Å². The lowest BCUT2D eigenvalue weighted by atomic mass is 10.0. The third-order valence-electron chi connectivity index (χ3n) is 6.49. The maximum atomic E-state index is 13.4. The van der Waals surface area contributed by atoms with E-state index in [9.17, 15) is 18.3 Å². The number of likely N-dealkylation sites (N-methyl/N-ethyl adjacent to an activating group) is 1. The zero-order valence-electron chi connectivity index (χ0n) is 22.3. The highest BCUT2D eigenvalue weighted by Gasteiger charge is 2.28. The molecule has 14 heteroatoms. The average molecular weight is 590 g/mol. The van der Waals surface area contributed by atoms with Gasteiger partial charge in [-0.15, -0.1) is 0 Å². The molecule has 2 heterocycles. The first-order chi connectivity index (χ1) is 19.3. The lowest BCUT2D eigenvalue weighted by molar-refractivity contribution is -0.134. The fourth-order valence-corrected chi connectivity index (χ4v) is 5.19. The van der Waals surface area contributed by atoms with Crippen LogP contribution in [0.4, 0.5) is 11.4 Å². The van der Waals surface area contributed by atoms with E-state index < -0.39 is 33.9 Å². The molecule has 1 aromatic heterocycles. The Hall–Kier alpha value is -3.14. The number of pyridine rings is 1. The number of carbonyl (C=O) groups is 1. The summed E-state index contributed by atoms with van der Waals surface area (Å²) in [5, 5.41) is 10.6. The molecule has 40 heavy (non-hydrogen) atoms. The second-order valence-electron chi connectivity index (χ2n) is 9.04. The monoisotopic (exact) mass is 589 g/mol. The highest BCUT2D eigenvalue weighted by Crippen LogP contribution is 2.32. The maximum Gasteiger partial charge on any atom is 0.260 e. The minimum Gasteiger partial charge on any atom is -0.483 e. The van der Waals surface area contributed by atoms with Crippen LogP contribution >= 0.6 is 0 Å². The molecule has 1 aliphatic rings. The fourth-order valence-electron chi connectivity index (χ4n) is 4.45. The van der Waals surface area contributed by atoms with E-state index in [1.165, 1.54) is 14.2 Å². The Morgan fingerprint density at radius 3 is 2.65 bits per heavy atom. The molecule has 216 valence electrons. The minimum absolute atomic E-state index is 0.252. The van der Waals surface area contributed by atoms with Gasteiger partial charge < -0.3 is 40.3 Å². The van der Waals surface area contributed by atoms with Crippen molar-refractivity contribution in [3.63, 3.8) is 0 Å². The Labute approximate surface area is 236 Å². The molecular formula is C26H31N5O7S2-2. The highest BCUT2D eigenvalue weighted by atomic mass is 32.2. The van der Waals surface area contributed by atoms with E-state index in [-0.39, 0.29) is 12.5 Å². The summed E-state index contributed by atoms with van der Waals surface area (Å²) in [5.41, 5.74) is 2.09. The number of nitrogens with zero attached hydrogens (tertiary/aromatic N) is 5. The molecule has 1 amide bonds. The second-order valence-corrected chi connectivity index (χ2v) is 10.9. The van der Waals surface area contributed by atoms with Crippen molar-refractivity contribution in [3.05, 3.63) is 60.3 Å². The van der Waals surface area contributed by atoms with Crippen LogP contribution in [0.2, 0.25) is 0 Å². The number of hydrogen-bond acceptors (Lipinski definition) is 13. The quantitative estimate of drug-likeness (QED) is 0.332. The normalized spacial score (nSPS) is 18.1. The van der Waals surface area contributed by atoms with Gasteiger partial charge in [-0.05, 0) is 48.4 Å². The maximum absolute atomic E-state index is 13.4. The number of fused-ring (bicyclic) bond motifs is 1. The van der Waals surface area contributed by atoms with Crippen LogP contribution < -0.4 is 4.74 Å². The van der Waals surface area contributed by atoms with Crippen molar-refractivity contribution in [1.29, 1.82) is 0 Å². The van der Waals surface area contributed by atoms with Crippen molar-refractivity contribution in [2.75, 3.05) is 47.5 Å². The van der Waals surface area contributed by atoms with Crippen LogP contribution in [0.3, 0.4) is 0 Å². The Morgan fingerprint density at radius 2 is 1.93 bits per heavy atom. The van der Waals surface area contributed by atoms with Crippen molar-refractivity contribution in [2.45, 2.75) is 18.6 Å². The van der Waals surface area contributed by atoms with Crippen LogP contribution in [-0.4, -0.2) is 79.4 Å². The first-order valence-electron chi connectivity index (χ1n) is 12.4. The van der Waals surface area contributed by atoms with Gasteiger partial charge in [0, 0.05) is 58.2 Å². The number of β-amino-alcohol motifs (C(OH)–C–C–N with tert-alkyl or cyclic N) is 1. The number of benzene rings is 2. The van der Waals surface area contributed by atoms with Gasteiger partial charge in [0.1, 0.15) is 5.75 Å². The molecule has 4 rings (SSSR count). The van der Waals surface area contributed by atoms with Crippen LogP contribution in [0.1, 0.15) is 18.0 Å². The van der Waals surface area contributed by atoms with Gasteiger partial charge in [-0.25, -0.2) is 0 Å². The van der Waals surface area contributed by atoms with Crippen molar-refractivity contribution in [3.8, 4) is 5.75 Å². The van der Waals surface area contributed by atoms with E-state index >= 15 is 0 Å². The molecule has 1 saturated heterocycles. The molecule has 3 aromatic rings. The number of aromatic nitrogens is 1. The number of amides is 1. The predicted molar refractivity (Wildman–Crippen MR) is 151 cm³/mol. The molecule has 2 aromatic carbocycles. The summed E-state index contributed by atoms with van der Waals surface area (Å²) < 4.78 is 47.0. The molecule has 0 bridgehead atoms. The summed E-state index contributed by atoms with van der Waals surface area (Å²) >= 11 is 0. The fraction of sp³-hybridized carbons (Fsp3) is 0.385. The van der Waals surface area contributed by atoms with E-state index in [2.05, 4.69) is 18.6 Å². The molecule has 12 nitrogen and oxygen atoms in total. The third-order valence-corrected chi connectivity index (χ3v) is 7.77. The standard InChI is InChI=1S/C26H31N5O7S2/c1-30(23(16-31-13-11-20(32)15-31)18-6-4-7-19(14-18)28-39(34)36-2)25(33)17-38-24-10-9-22(29-40(35)37-3)26-21(24)8-5-12-27-26/h4-10,12,14,20,23,32H,11,13,15-17H2,1-3H3/q-2/t20-,23?/m0/s1. The largest absolute Gasteiger partial charge is 0.483 e. The number of ether oxygens (including phenoxy) is 1. The van der Waals surface area contributed by atoms with Crippen LogP contribution in [0, 0.1) is 0 Å². The number of carbonyl (C=O) groups excluding carboxylic acids is 1. The SMILES string of the molecule is CO[S-](=O)=Nc1cccc(C(CN2CC[C@H](O)C2)N(C)C(=O)COc2ccc(N=[S-](=O)OC)c3ncccc23)c1. The van der Waals surface area contributed by atoms with Gasteiger partial charge >= 0.3 is 0 Å². The molecule has 2 atom stereocenters. The van der Waals surface area contributed by atoms with E-state index in [4.69, 9.17) is 13.1 Å². The van der Waals surface area contributed by atoms with Crippen molar-refractivity contribution >= 4 is 49.9 Å². The third kappa shape index (κ3) is 7.53. The van der Waals surface area contributed by atoms with E-state index in [1.54, 1.807) is 60.6 Å². The van der Waals surface area contributed by atoms with Crippen LogP contribution in [0.25, 0.3) is 10.9 Å². The van der Waals surface area contributed by atoms with Gasteiger partial charge in [-0.1, -0.05) is 33.9 Å². The molecule has 1 fully saturated rings. The zero-order chi connectivity index (χ0) is 28.6. The Balaban J connectivity index is 1.57. The number of aliphatic hydroxyl groups excluding tert-OH is 1. The lowest BCUT2D eigenvalue weighted by Crippen LogP contribution is -2.40. The van der Waals surface area contributed by atoms with Gasteiger partial charge in [0.15, 0.2) is 6.61 Å². The summed E-state index contributed by atoms with van der Waals surface area (Å²) in [6, 6.07) is 13.5. The molecular weight excluding hydrogens is 558 g/mol. The topological polar surface area (TPSA) is 143 Å². The van der Waals surface area contributed by atoms with Gasteiger partial charge in [-0.2, -0.15) is 0 Å². The molecule has 1 unspecified atom stereocenters. The summed E-state index contributed by atoms with van der Waals surface area (Å²) in [7, 11) is 0.609. The predicted octanol–water partition coefficient (Wildman–Crippen LogP) is 3.56. The smallest absolute Gasteiger partial charge is 0.260 e. The first kappa shape index (κ1) is 29.8. The van der Waals surface area contributed by atoms with Gasteiger partial charge in [0.05, 0.1) is 23.3 Å². The molecule has 1 aliphatic heterocycles. The lowest BCUT2D eigenvalue weighted by Gasteiger charge is -2.32. The number of rotatable bonds is 11. The number of hydrogen-bond donors (Lipinski definition) is 1.